The molecule has 0 unspecified atom stereocenters. The summed E-state index contributed by atoms with van der Waals surface area (Å²) < 4.78 is 17.7. The average Bonchev–Trinajstić information content (AvgIpc) is 2.22. The smallest absolute Gasteiger partial charge is 0.335 e. The standard InChI is InChI=1S/C10H8FNO4/c1-3-10(13)16-9-5-7(11)6(2)4-8(9)12(14)15/h3-5H,1H2,2H3. The molecule has 0 fully saturated rings. The molecule has 0 radical (unpaired) electrons. The highest BCUT2D eigenvalue weighted by atomic mass is 19.1. The Bertz CT molecular complexity index is 470. The lowest BCUT2D eigenvalue weighted by atomic mass is 10.2. The van der Waals surface area contributed by atoms with E-state index in [0.29, 0.717) is 0 Å². The predicted molar refractivity (Wildman–Crippen MR) is 53.6 cm³/mol. The van der Waals surface area contributed by atoms with Gasteiger partial charge in [-0.25, -0.2) is 9.18 Å². The van der Waals surface area contributed by atoms with Crippen LogP contribution in [0.15, 0.2) is 24.8 Å². The molecule has 0 heterocycles. The number of nitrogens with zero attached hydrogens (tertiary/aromatic N) is 1. The maximum Gasteiger partial charge on any atom is 0.335 e. The van der Waals surface area contributed by atoms with Crippen molar-refractivity contribution in [2.45, 2.75) is 6.92 Å². The van der Waals surface area contributed by atoms with Crippen molar-refractivity contribution in [3.63, 3.8) is 0 Å². The van der Waals surface area contributed by atoms with Gasteiger partial charge in [0.05, 0.1) is 4.92 Å². The highest BCUT2D eigenvalue weighted by Crippen LogP contribution is 2.29. The van der Waals surface area contributed by atoms with Crippen molar-refractivity contribution < 1.29 is 18.8 Å². The number of rotatable bonds is 3. The van der Waals surface area contributed by atoms with Crippen molar-refractivity contribution in [2.75, 3.05) is 0 Å². The fourth-order valence-corrected chi connectivity index (χ4v) is 1.02. The van der Waals surface area contributed by atoms with Gasteiger partial charge in [0.1, 0.15) is 5.82 Å². The molecule has 0 N–H and O–H groups in total. The lowest BCUT2D eigenvalue weighted by molar-refractivity contribution is -0.385. The number of carbonyl (C=O) groups excluding carboxylic acids is 1. The molecule has 0 aromatic heterocycles. The second-order valence-electron chi connectivity index (χ2n) is 2.95. The van der Waals surface area contributed by atoms with Gasteiger partial charge in [-0.1, -0.05) is 6.58 Å². The first kappa shape index (κ1) is 11.8. The largest absolute Gasteiger partial charge is 0.416 e. The SMILES string of the molecule is C=CC(=O)Oc1cc(F)c(C)cc1[N+](=O)[O-]. The summed E-state index contributed by atoms with van der Waals surface area (Å²) >= 11 is 0. The number of halogens is 1. The van der Waals surface area contributed by atoms with E-state index in [-0.39, 0.29) is 5.56 Å². The van der Waals surface area contributed by atoms with Gasteiger partial charge in [0.25, 0.3) is 0 Å². The first-order valence-electron chi connectivity index (χ1n) is 4.24. The van der Waals surface area contributed by atoms with Crippen LogP contribution in [-0.2, 0) is 4.79 Å². The molecule has 16 heavy (non-hydrogen) atoms. The van der Waals surface area contributed by atoms with Crippen molar-refractivity contribution in [1.82, 2.24) is 0 Å². The summed E-state index contributed by atoms with van der Waals surface area (Å²) in [5, 5.41) is 10.6. The molecular formula is C10H8FNO4. The first-order chi connectivity index (χ1) is 7.45. The van der Waals surface area contributed by atoms with Crippen LogP contribution in [0.4, 0.5) is 10.1 Å². The van der Waals surface area contributed by atoms with Crippen LogP contribution in [0, 0.1) is 22.9 Å². The molecule has 0 aliphatic carbocycles. The molecular weight excluding hydrogens is 217 g/mol. The molecule has 6 heteroatoms. The summed E-state index contributed by atoms with van der Waals surface area (Å²) in [6, 6.07) is 1.80. The predicted octanol–water partition coefficient (Wildman–Crippen LogP) is 2.13. The summed E-state index contributed by atoms with van der Waals surface area (Å²) in [6.07, 6.45) is 0.835. The number of nitro groups is 1. The molecule has 0 bridgehead atoms. The monoisotopic (exact) mass is 225 g/mol. The number of hydrogen-bond donors (Lipinski definition) is 0. The zero-order chi connectivity index (χ0) is 12.3. The van der Waals surface area contributed by atoms with E-state index in [2.05, 4.69) is 11.3 Å². The van der Waals surface area contributed by atoms with E-state index in [0.717, 1.165) is 18.2 Å². The van der Waals surface area contributed by atoms with E-state index < -0.39 is 28.1 Å². The second-order valence-corrected chi connectivity index (χ2v) is 2.95. The fourth-order valence-electron chi connectivity index (χ4n) is 1.02. The van der Waals surface area contributed by atoms with Crippen LogP contribution in [0.25, 0.3) is 0 Å². The average molecular weight is 225 g/mol. The topological polar surface area (TPSA) is 69.4 Å². The van der Waals surface area contributed by atoms with Crippen molar-refractivity contribution in [1.29, 1.82) is 0 Å². The Hall–Kier alpha value is -2.24. The Morgan fingerprint density at radius 2 is 2.25 bits per heavy atom. The third kappa shape index (κ3) is 2.41. The van der Waals surface area contributed by atoms with E-state index in [9.17, 15) is 19.3 Å². The van der Waals surface area contributed by atoms with Gasteiger partial charge in [-0.3, -0.25) is 10.1 Å². The molecule has 0 spiro atoms. The van der Waals surface area contributed by atoms with Crippen LogP contribution in [0.5, 0.6) is 5.75 Å². The highest BCUT2D eigenvalue weighted by molar-refractivity contribution is 5.84. The second kappa shape index (κ2) is 4.52. The minimum absolute atomic E-state index is 0.102. The Morgan fingerprint density at radius 1 is 1.62 bits per heavy atom. The molecule has 84 valence electrons. The van der Waals surface area contributed by atoms with Gasteiger partial charge < -0.3 is 4.74 Å². The van der Waals surface area contributed by atoms with Crippen molar-refractivity contribution in [3.8, 4) is 5.75 Å². The first-order valence-corrected chi connectivity index (χ1v) is 4.24. The summed E-state index contributed by atoms with van der Waals surface area (Å²) in [5.41, 5.74) is -0.362. The van der Waals surface area contributed by atoms with Crippen LogP contribution in [0.2, 0.25) is 0 Å². The maximum absolute atomic E-state index is 13.1. The maximum atomic E-state index is 13.1. The molecule has 1 rings (SSSR count). The van der Waals surface area contributed by atoms with Crippen LogP contribution in [-0.4, -0.2) is 10.9 Å². The molecule has 0 amide bonds. The van der Waals surface area contributed by atoms with Gasteiger partial charge in [0.2, 0.25) is 5.75 Å². The number of benzene rings is 1. The lowest BCUT2D eigenvalue weighted by Gasteiger charge is -2.04. The normalized spacial score (nSPS) is 9.62. The molecule has 5 nitrogen and oxygen atoms in total. The van der Waals surface area contributed by atoms with Gasteiger partial charge >= 0.3 is 11.7 Å². The minimum atomic E-state index is -0.883. The van der Waals surface area contributed by atoms with E-state index in [1.807, 2.05) is 0 Å². The van der Waals surface area contributed by atoms with E-state index >= 15 is 0 Å². The minimum Gasteiger partial charge on any atom is -0.416 e. The highest BCUT2D eigenvalue weighted by Gasteiger charge is 2.19. The van der Waals surface area contributed by atoms with Crippen molar-refractivity contribution in [2.24, 2.45) is 0 Å². The van der Waals surface area contributed by atoms with Crippen molar-refractivity contribution in [3.05, 3.63) is 46.3 Å². The summed E-state index contributed by atoms with van der Waals surface area (Å²) in [5.74, 6) is -2.00. The summed E-state index contributed by atoms with van der Waals surface area (Å²) in [4.78, 5) is 20.7. The number of aryl methyl sites for hydroxylation is 1. The van der Waals surface area contributed by atoms with E-state index in [4.69, 9.17) is 0 Å². The number of hydrogen-bond acceptors (Lipinski definition) is 4. The van der Waals surface area contributed by atoms with Gasteiger partial charge in [0.15, 0.2) is 0 Å². The van der Waals surface area contributed by atoms with Gasteiger partial charge in [0, 0.05) is 18.2 Å². The number of ether oxygens (including phenoxy) is 1. The summed E-state index contributed by atoms with van der Waals surface area (Å²) in [6.45, 7) is 4.51. The Balaban J connectivity index is 3.24. The number of carbonyl (C=O) groups is 1. The van der Waals surface area contributed by atoms with Gasteiger partial charge in [-0.15, -0.1) is 0 Å². The van der Waals surface area contributed by atoms with E-state index in [1.165, 1.54) is 6.92 Å². The quantitative estimate of drug-likeness (QED) is 0.260. The number of nitro benzene ring substituents is 1. The molecule has 0 saturated carbocycles. The van der Waals surface area contributed by atoms with E-state index in [1.54, 1.807) is 0 Å². The zero-order valence-corrected chi connectivity index (χ0v) is 8.40. The molecule has 0 aliphatic rings. The number of esters is 1. The van der Waals surface area contributed by atoms with Gasteiger partial charge in [-0.2, -0.15) is 0 Å². The van der Waals surface area contributed by atoms with Crippen LogP contribution in [0.1, 0.15) is 5.56 Å². The third-order valence-electron chi connectivity index (χ3n) is 1.81. The molecule has 0 atom stereocenters. The van der Waals surface area contributed by atoms with Crippen LogP contribution < -0.4 is 4.74 Å². The molecule has 1 aromatic carbocycles. The zero-order valence-electron chi connectivity index (χ0n) is 8.40. The molecule has 1 aromatic rings. The fraction of sp³-hybridized carbons (Fsp3) is 0.100. The van der Waals surface area contributed by atoms with Crippen LogP contribution >= 0.6 is 0 Å². The van der Waals surface area contributed by atoms with Crippen LogP contribution in [0.3, 0.4) is 0 Å². The molecule has 0 saturated heterocycles. The van der Waals surface area contributed by atoms with Gasteiger partial charge in [-0.05, 0) is 12.5 Å². The third-order valence-corrected chi connectivity index (χ3v) is 1.81. The van der Waals surface area contributed by atoms with Crippen molar-refractivity contribution >= 4 is 11.7 Å². The lowest BCUT2D eigenvalue weighted by Crippen LogP contribution is -2.06. The summed E-state index contributed by atoms with van der Waals surface area (Å²) in [7, 11) is 0. The molecule has 0 aliphatic heterocycles. The Labute approximate surface area is 90.3 Å². The Morgan fingerprint density at radius 3 is 2.75 bits per heavy atom. The Kier molecular flexibility index (Phi) is 3.34.